The highest BCUT2D eigenvalue weighted by Gasteiger charge is 2.74. The monoisotopic (exact) mass is 484 g/mol. The predicted molar refractivity (Wildman–Crippen MR) is 146 cm³/mol. The van der Waals surface area contributed by atoms with Gasteiger partial charge in [-0.3, -0.25) is 9.59 Å². The first-order valence-electron chi connectivity index (χ1n) is 12.8. The molecule has 0 aromatic heterocycles. The molecule has 0 saturated heterocycles. The number of hydrogen-bond donors (Lipinski definition) is 0. The van der Waals surface area contributed by atoms with Gasteiger partial charge in [0.05, 0.1) is 23.4 Å². The normalized spacial score (nSPS) is 24.4. The van der Waals surface area contributed by atoms with Crippen molar-refractivity contribution in [1.29, 1.82) is 0 Å². The Morgan fingerprint density at radius 3 is 1.68 bits per heavy atom. The number of benzene rings is 4. The van der Waals surface area contributed by atoms with Gasteiger partial charge in [0.25, 0.3) is 0 Å². The van der Waals surface area contributed by atoms with Crippen molar-refractivity contribution in [2.24, 2.45) is 5.92 Å². The molecule has 4 aromatic carbocycles. The third kappa shape index (κ3) is 3.20. The van der Waals surface area contributed by atoms with E-state index >= 15 is 4.79 Å². The number of hydrogen-bond acceptors (Lipinski definition) is 3. The third-order valence-corrected chi connectivity index (χ3v) is 8.04. The molecule has 2 aliphatic carbocycles. The SMILES string of the molecule is CCOC(=O)C1CC2(c3ccccc3)C(=O)C1(c1ccccc1)C(c1ccccc1)=C2c1ccccc1. The van der Waals surface area contributed by atoms with Crippen LogP contribution in [0.4, 0.5) is 0 Å². The fourth-order valence-electron chi connectivity index (χ4n) is 6.73. The predicted octanol–water partition coefficient (Wildman–Crippen LogP) is 6.64. The minimum Gasteiger partial charge on any atom is -0.466 e. The van der Waals surface area contributed by atoms with Crippen molar-refractivity contribution in [3.63, 3.8) is 0 Å². The maximum Gasteiger partial charge on any atom is 0.310 e. The van der Waals surface area contributed by atoms with Crippen LogP contribution in [0.1, 0.15) is 35.6 Å². The van der Waals surface area contributed by atoms with E-state index in [0.29, 0.717) is 6.42 Å². The lowest BCUT2D eigenvalue weighted by molar-refractivity contribution is -0.150. The summed E-state index contributed by atoms with van der Waals surface area (Å²) in [5.41, 5.74) is 3.43. The molecule has 3 unspecified atom stereocenters. The quantitative estimate of drug-likeness (QED) is 0.288. The molecule has 2 bridgehead atoms. The number of esters is 1. The highest BCUT2D eigenvalue weighted by atomic mass is 16.5. The van der Waals surface area contributed by atoms with Crippen molar-refractivity contribution >= 4 is 22.9 Å². The largest absolute Gasteiger partial charge is 0.466 e. The van der Waals surface area contributed by atoms with Crippen molar-refractivity contribution in [3.8, 4) is 0 Å². The zero-order chi connectivity index (χ0) is 25.5. The molecule has 1 saturated carbocycles. The summed E-state index contributed by atoms with van der Waals surface area (Å²) in [6, 6.07) is 40.0. The summed E-state index contributed by atoms with van der Waals surface area (Å²) in [7, 11) is 0. The number of ether oxygens (including phenoxy) is 1. The molecule has 182 valence electrons. The maximum atomic E-state index is 15.2. The van der Waals surface area contributed by atoms with E-state index in [1.54, 1.807) is 0 Å². The van der Waals surface area contributed by atoms with Crippen LogP contribution < -0.4 is 0 Å². The Kier molecular flexibility index (Phi) is 5.64. The second-order valence-corrected chi connectivity index (χ2v) is 9.77. The van der Waals surface area contributed by atoms with Gasteiger partial charge in [0.1, 0.15) is 0 Å². The first-order valence-corrected chi connectivity index (χ1v) is 12.8. The Bertz CT molecular complexity index is 1480. The van der Waals surface area contributed by atoms with E-state index in [1.807, 2.05) is 104 Å². The Morgan fingerprint density at radius 2 is 1.16 bits per heavy atom. The molecule has 0 radical (unpaired) electrons. The van der Waals surface area contributed by atoms with Crippen LogP contribution in [0.25, 0.3) is 11.1 Å². The third-order valence-electron chi connectivity index (χ3n) is 8.04. The van der Waals surface area contributed by atoms with Crippen LogP contribution in [0.15, 0.2) is 121 Å². The zero-order valence-electron chi connectivity index (χ0n) is 20.8. The molecule has 6 rings (SSSR count). The summed E-state index contributed by atoms with van der Waals surface area (Å²) in [5.74, 6) is -0.920. The van der Waals surface area contributed by atoms with Gasteiger partial charge >= 0.3 is 5.97 Å². The summed E-state index contributed by atoms with van der Waals surface area (Å²) in [5, 5.41) is 0. The molecule has 0 aliphatic heterocycles. The van der Waals surface area contributed by atoms with Crippen LogP contribution in [-0.4, -0.2) is 18.4 Å². The number of rotatable bonds is 6. The van der Waals surface area contributed by atoms with E-state index in [1.165, 1.54) is 0 Å². The van der Waals surface area contributed by atoms with Gasteiger partial charge in [0.15, 0.2) is 5.78 Å². The average Bonchev–Trinajstić information content (AvgIpc) is 3.37. The van der Waals surface area contributed by atoms with Gasteiger partial charge in [0, 0.05) is 0 Å². The minimum absolute atomic E-state index is 0.0492. The van der Waals surface area contributed by atoms with Gasteiger partial charge in [0.2, 0.25) is 0 Å². The van der Waals surface area contributed by atoms with Crippen LogP contribution in [0.2, 0.25) is 0 Å². The van der Waals surface area contributed by atoms with Gasteiger partial charge in [-0.2, -0.15) is 0 Å². The van der Waals surface area contributed by atoms with Crippen molar-refractivity contribution in [2.45, 2.75) is 24.2 Å². The fraction of sp³-hybridized carbons (Fsp3) is 0.176. The molecule has 0 heterocycles. The Morgan fingerprint density at radius 1 is 0.703 bits per heavy atom. The highest BCUT2D eigenvalue weighted by molar-refractivity contribution is 6.30. The van der Waals surface area contributed by atoms with Crippen molar-refractivity contribution < 1.29 is 14.3 Å². The Balaban J connectivity index is 1.81. The molecule has 1 fully saturated rings. The molecule has 3 heteroatoms. The molecule has 0 amide bonds. The molecule has 2 aliphatic rings. The summed E-state index contributed by atoms with van der Waals surface area (Å²) in [4.78, 5) is 29.0. The van der Waals surface area contributed by atoms with Gasteiger partial charge in [-0.05, 0) is 46.7 Å². The molecule has 3 nitrogen and oxygen atoms in total. The van der Waals surface area contributed by atoms with Crippen molar-refractivity contribution in [2.75, 3.05) is 6.61 Å². The summed E-state index contributed by atoms with van der Waals surface area (Å²) < 4.78 is 5.67. The maximum absolute atomic E-state index is 15.2. The van der Waals surface area contributed by atoms with E-state index in [4.69, 9.17) is 4.74 Å². The highest BCUT2D eigenvalue weighted by Crippen LogP contribution is 2.70. The molecular formula is C34H28O3. The smallest absolute Gasteiger partial charge is 0.310 e. The minimum atomic E-state index is -1.17. The van der Waals surface area contributed by atoms with E-state index in [-0.39, 0.29) is 18.4 Å². The van der Waals surface area contributed by atoms with Crippen molar-refractivity contribution in [3.05, 3.63) is 144 Å². The topological polar surface area (TPSA) is 43.4 Å². The van der Waals surface area contributed by atoms with Crippen LogP contribution in [0.3, 0.4) is 0 Å². The van der Waals surface area contributed by atoms with Crippen LogP contribution >= 0.6 is 0 Å². The van der Waals surface area contributed by atoms with Crippen LogP contribution in [0, 0.1) is 5.92 Å². The first-order chi connectivity index (χ1) is 18.2. The van der Waals surface area contributed by atoms with E-state index in [2.05, 4.69) is 24.3 Å². The number of fused-ring (bicyclic) bond motifs is 2. The van der Waals surface area contributed by atoms with Crippen LogP contribution in [0.5, 0.6) is 0 Å². The van der Waals surface area contributed by atoms with E-state index in [9.17, 15) is 4.79 Å². The molecule has 4 aromatic rings. The lowest BCUT2D eigenvalue weighted by Crippen LogP contribution is -2.42. The van der Waals surface area contributed by atoms with Gasteiger partial charge in [-0.25, -0.2) is 0 Å². The van der Waals surface area contributed by atoms with Gasteiger partial charge in [-0.15, -0.1) is 0 Å². The zero-order valence-corrected chi connectivity index (χ0v) is 20.8. The molecular weight excluding hydrogens is 456 g/mol. The number of Topliss-reactive ketones (excluding diaryl/α,β-unsaturated/α-hetero) is 1. The first kappa shape index (κ1) is 23.2. The van der Waals surface area contributed by atoms with E-state index < -0.39 is 16.7 Å². The number of ketones is 1. The van der Waals surface area contributed by atoms with Crippen molar-refractivity contribution in [1.82, 2.24) is 0 Å². The number of carbonyl (C=O) groups is 2. The molecule has 0 spiro atoms. The van der Waals surface area contributed by atoms with Gasteiger partial charge < -0.3 is 4.74 Å². The Hall–Kier alpha value is -4.24. The molecule has 3 atom stereocenters. The number of allylic oxidation sites excluding steroid dienone is 2. The summed E-state index contributed by atoms with van der Waals surface area (Å²) in [6.07, 6.45) is 0.365. The standard InChI is InChI=1S/C34H28O3/c1-2-37-31(35)28-23-33(26-19-11-5-12-20-26)29(24-15-7-3-8-16-24)30(25-17-9-4-10-18-25)34(28,32(33)36)27-21-13-6-14-22-27/h3-22,28H,2,23H2,1H3. The summed E-state index contributed by atoms with van der Waals surface area (Å²) in [6.45, 7) is 2.08. The van der Waals surface area contributed by atoms with Gasteiger partial charge in [-0.1, -0.05) is 121 Å². The van der Waals surface area contributed by atoms with E-state index in [0.717, 1.165) is 33.4 Å². The summed E-state index contributed by atoms with van der Waals surface area (Å²) >= 11 is 0. The van der Waals surface area contributed by atoms with Crippen LogP contribution in [-0.2, 0) is 25.2 Å². The molecule has 0 N–H and O–H groups in total. The Labute approximate surface area is 217 Å². The lowest BCUT2D eigenvalue weighted by Gasteiger charge is -2.38. The number of carbonyl (C=O) groups excluding carboxylic acids is 2. The second kappa shape index (κ2) is 9.01. The second-order valence-electron chi connectivity index (χ2n) is 9.77. The average molecular weight is 485 g/mol. The lowest BCUT2D eigenvalue weighted by atomic mass is 9.63. The molecule has 37 heavy (non-hydrogen) atoms. The fourth-order valence-corrected chi connectivity index (χ4v) is 6.73.